The Morgan fingerprint density at radius 3 is 2.90 bits per heavy atom. The molecule has 0 aliphatic heterocycles. The van der Waals surface area contributed by atoms with Crippen molar-refractivity contribution in [1.82, 2.24) is 0 Å². The lowest BCUT2D eigenvalue weighted by Crippen LogP contribution is -2.16. The molecular formula is C25H34O4. The average molecular weight is 399 g/mol. The van der Waals surface area contributed by atoms with Crippen LogP contribution in [0, 0.1) is 23.7 Å². The van der Waals surface area contributed by atoms with Crippen LogP contribution in [0.1, 0.15) is 69.4 Å². The first kappa shape index (κ1) is 23.0. The fraction of sp³-hybridized carbons (Fsp3) is 0.560. The molecule has 0 spiro atoms. The number of para-hydroxylation sites is 1. The fourth-order valence-corrected chi connectivity index (χ4v) is 4.09. The van der Waals surface area contributed by atoms with E-state index < -0.39 is 0 Å². The minimum absolute atomic E-state index is 0.00989. The summed E-state index contributed by atoms with van der Waals surface area (Å²) < 4.78 is 4.68. The number of esters is 1. The van der Waals surface area contributed by atoms with Crippen LogP contribution in [0.5, 0.6) is 5.75 Å². The average Bonchev–Trinajstić information content (AvgIpc) is 3.07. The third-order valence-corrected chi connectivity index (χ3v) is 5.81. The van der Waals surface area contributed by atoms with Gasteiger partial charge in [0.05, 0.1) is 13.2 Å². The van der Waals surface area contributed by atoms with Crippen LogP contribution in [-0.4, -0.2) is 29.4 Å². The summed E-state index contributed by atoms with van der Waals surface area (Å²) in [6, 6.07) is 5.82. The van der Waals surface area contributed by atoms with Gasteiger partial charge in [0, 0.05) is 18.8 Å². The first-order chi connectivity index (χ1) is 14.0. The Morgan fingerprint density at radius 2 is 2.17 bits per heavy atom. The zero-order valence-electron chi connectivity index (χ0n) is 17.9. The highest BCUT2D eigenvalue weighted by Crippen LogP contribution is 2.44. The summed E-state index contributed by atoms with van der Waals surface area (Å²) in [6.45, 7) is 4.04. The summed E-state index contributed by atoms with van der Waals surface area (Å²) in [5.41, 5.74) is 1.75. The van der Waals surface area contributed by atoms with E-state index in [1.807, 2.05) is 25.1 Å². The molecule has 2 N–H and O–H groups in total. The van der Waals surface area contributed by atoms with Gasteiger partial charge in [-0.25, -0.2) is 0 Å². The maximum absolute atomic E-state index is 11.3. The maximum Gasteiger partial charge on any atom is 0.305 e. The second kappa shape index (κ2) is 11.7. The number of methoxy groups -OCH3 is 1. The van der Waals surface area contributed by atoms with E-state index in [1.54, 1.807) is 0 Å². The lowest BCUT2D eigenvalue weighted by atomic mass is 9.85. The van der Waals surface area contributed by atoms with E-state index >= 15 is 0 Å². The van der Waals surface area contributed by atoms with Crippen molar-refractivity contribution in [3.8, 4) is 17.6 Å². The zero-order chi connectivity index (χ0) is 21.2. The number of rotatable bonds is 9. The van der Waals surface area contributed by atoms with Crippen molar-refractivity contribution in [3.05, 3.63) is 41.5 Å². The molecule has 0 bridgehead atoms. The third kappa shape index (κ3) is 6.65. The minimum atomic E-state index is -0.385. The number of hydrogen-bond acceptors (Lipinski definition) is 4. The van der Waals surface area contributed by atoms with Gasteiger partial charge in [0.1, 0.15) is 5.75 Å². The lowest BCUT2D eigenvalue weighted by molar-refractivity contribution is -0.140. The number of phenolic OH excluding ortho intramolecular Hbond substituents is 1. The zero-order valence-corrected chi connectivity index (χ0v) is 17.9. The molecule has 1 aromatic carbocycles. The Bertz CT molecular complexity index is 756. The SMILES string of the molecule is CC#CCC(C)C/C=C/C1[C@H](O)CC[C@@H]1c1cccc(CCCC(=O)OC)c1O. The van der Waals surface area contributed by atoms with Crippen molar-refractivity contribution in [1.29, 1.82) is 0 Å². The Labute approximate surface area is 175 Å². The number of aromatic hydroxyl groups is 1. The molecule has 0 heterocycles. The van der Waals surface area contributed by atoms with Crippen LogP contribution in [0.3, 0.4) is 0 Å². The summed E-state index contributed by atoms with van der Waals surface area (Å²) in [4.78, 5) is 11.3. The number of allylic oxidation sites excluding steroid dienone is 1. The number of aryl methyl sites for hydroxylation is 1. The fourth-order valence-electron chi connectivity index (χ4n) is 4.09. The van der Waals surface area contributed by atoms with Gasteiger partial charge in [0.2, 0.25) is 0 Å². The highest BCUT2D eigenvalue weighted by Gasteiger charge is 2.35. The molecule has 4 heteroatoms. The molecule has 1 aliphatic carbocycles. The molecule has 158 valence electrons. The summed E-state index contributed by atoms with van der Waals surface area (Å²) in [5, 5.41) is 21.4. The molecule has 0 amide bonds. The molecule has 0 saturated heterocycles. The van der Waals surface area contributed by atoms with Crippen molar-refractivity contribution in [2.75, 3.05) is 7.11 Å². The van der Waals surface area contributed by atoms with Gasteiger partial charge in [-0.2, -0.15) is 0 Å². The van der Waals surface area contributed by atoms with Crippen molar-refractivity contribution in [2.24, 2.45) is 11.8 Å². The lowest BCUT2D eigenvalue weighted by Gasteiger charge is -2.21. The van der Waals surface area contributed by atoms with Gasteiger partial charge in [-0.1, -0.05) is 37.3 Å². The second-order valence-electron chi connectivity index (χ2n) is 8.01. The number of hydrogen-bond donors (Lipinski definition) is 2. The van der Waals surface area contributed by atoms with Crippen LogP contribution in [0.25, 0.3) is 0 Å². The molecule has 1 aromatic rings. The van der Waals surface area contributed by atoms with Gasteiger partial charge in [-0.3, -0.25) is 4.79 Å². The summed E-state index contributed by atoms with van der Waals surface area (Å²) in [6.07, 6.45) is 8.91. The monoisotopic (exact) mass is 398 g/mol. The van der Waals surface area contributed by atoms with Gasteiger partial charge < -0.3 is 14.9 Å². The quantitative estimate of drug-likeness (QED) is 0.358. The summed E-state index contributed by atoms with van der Waals surface area (Å²) >= 11 is 0. The van der Waals surface area contributed by atoms with Crippen molar-refractivity contribution in [3.63, 3.8) is 0 Å². The number of aliphatic hydroxyl groups excluding tert-OH is 1. The Kier molecular flexibility index (Phi) is 9.28. The molecule has 0 aromatic heterocycles. The normalized spacial score (nSPS) is 22.3. The minimum Gasteiger partial charge on any atom is -0.507 e. The molecule has 0 radical (unpaired) electrons. The predicted octanol–water partition coefficient (Wildman–Crippen LogP) is 4.74. The molecule has 2 unspecified atom stereocenters. The predicted molar refractivity (Wildman–Crippen MR) is 116 cm³/mol. The number of carbonyl (C=O) groups excluding carboxylic acids is 1. The van der Waals surface area contributed by atoms with Gasteiger partial charge in [0.25, 0.3) is 0 Å². The Balaban J connectivity index is 2.07. The third-order valence-electron chi connectivity index (χ3n) is 5.81. The highest BCUT2D eigenvalue weighted by atomic mass is 16.5. The second-order valence-corrected chi connectivity index (χ2v) is 8.01. The number of ether oxygens (including phenoxy) is 1. The number of phenols is 1. The van der Waals surface area contributed by atoms with Crippen LogP contribution in [-0.2, 0) is 16.0 Å². The number of carbonyl (C=O) groups is 1. The van der Waals surface area contributed by atoms with E-state index in [0.717, 1.165) is 36.8 Å². The topological polar surface area (TPSA) is 66.8 Å². The maximum atomic E-state index is 11.3. The molecule has 1 fully saturated rings. The van der Waals surface area contributed by atoms with Crippen molar-refractivity contribution >= 4 is 5.97 Å². The van der Waals surface area contributed by atoms with Crippen molar-refractivity contribution in [2.45, 2.75) is 70.8 Å². The standard InChI is InChI=1S/C25H34O4/c1-4-5-9-18(2)10-6-13-21-20(16-17-23(21)26)22-14-7-11-19(25(22)28)12-8-15-24(27)29-3/h6-7,11,13-14,18,20-21,23,26,28H,8-10,12,15-17H2,1-3H3/b13-6+/t18?,20-,21?,23+/m0/s1. The van der Waals surface area contributed by atoms with Gasteiger partial charge in [-0.15, -0.1) is 11.8 Å². The number of aliphatic hydroxyl groups is 1. The van der Waals surface area contributed by atoms with Gasteiger partial charge in [0.15, 0.2) is 0 Å². The van der Waals surface area contributed by atoms with E-state index in [2.05, 4.69) is 35.7 Å². The van der Waals surface area contributed by atoms with E-state index in [-0.39, 0.29) is 23.9 Å². The number of benzene rings is 1. The molecule has 1 aliphatic rings. The van der Waals surface area contributed by atoms with Crippen LogP contribution < -0.4 is 0 Å². The first-order valence-corrected chi connectivity index (χ1v) is 10.6. The van der Waals surface area contributed by atoms with E-state index in [9.17, 15) is 15.0 Å². The van der Waals surface area contributed by atoms with Crippen LogP contribution in [0.15, 0.2) is 30.4 Å². The first-order valence-electron chi connectivity index (χ1n) is 10.6. The summed E-state index contributed by atoms with van der Waals surface area (Å²) in [5.74, 6) is 6.73. The summed E-state index contributed by atoms with van der Waals surface area (Å²) in [7, 11) is 1.39. The Morgan fingerprint density at radius 1 is 1.38 bits per heavy atom. The molecule has 2 rings (SSSR count). The van der Waals surface area contributed by atoms with E-state index in [0.29, 0.717) is 30.9 Å². The van der Waals surface area contributed by atoms with Crippen LogP contribution in [0.2, 0.25) is 0 Å². The molecule has 1 saturated carbocycles. The van der Waals surface area contributed by atoms with Crippen LogP contribution in [0.4, 0.5) is 0 Å². The van der Waals surface area contributed by atoms with E-state index in [1.165, 1.54) is 7.11 Å². The smallest absolute Gasteiger partial charge is 0.305 e. The molecule has 4 atom stereocenters. The molecule has 29 heavy (non-hydrogen) atoms. The molecule has 4 nitrogen and oxygen atoms in total. The largest absolute Gasteiger partial charge is 0.507 e. The van der Waals surface area contributed by atoms with Crippen molar-refractivity contribution < 1.29 is 19.7 Å². The van der Waals surface area contributed by atoms with Gasteiger partial charge in [-0.05, 0) is 62.0 Å². The Hall–Kier alpha value is -2.25. The van der Waals surface area contributed by atoms with Gasteiger partial charge >= 0.3 is 5.97 Å². The van der Waals surface area contributed by atoms with E-state index in [4.69, 9.17) is 0 Å². The molecular weight excluding hydrogens is 364 g/mol. The highest BCUT2D eigenvalue weighted by molar-refractivity contribution is 5.69. The van der Waals surface area contributed by atoms with Crippen LogP contribution >= 0.6 is 0 Å².